The zero-order valence-corrected chi connectivity index (χ0v) is 9.65. The number of rotatable bonds is 3. The van der Waals surface area contributed by atoms with Crippen molar-refractivity contribution in [2.75, 3.05) is 11.1 Å². The Labute approximate surface area is 105 Å². The molecule has 0 heterocycles. The van der Waals surface area contributed by atoms with E-state index in [0.717, 1.165) is 5.56 Å². The quantitative estimate of drug-likeness (QED) is 0.812. The van der Waals surface area contributed by atoms with Crippen molar-refractivity contribution >= 4 is 11.4 Å². The molecule has 90 valence electrons. The molecule has 0 saturated heterocycles. The maximum absolute atomic E-state index is 13.1. The van der Waals surface area contributed by atoms with E-state index in [1.54, 1.807) is 12.1 Å². The standard InChI is InChI=1S/C14H12FN3/c15-13-6-5-12(7-11(13)8-16)18-9-10-3-1-2-4-14(10)17/h1-7,18H,9,17H2. The number of nitrogens with zero attached hydrogens (tertiary/aromatic N) is 1. The van der Waals surface area contributed by atoms with E-state index < -0.39 is 5.82 Å². The number of nitriles is 1. The molecule has 0 aliphatic rings. The maximum Gasteiger partial charge on any atom is 0.141 e. The summed E-state index contributed by atoms with van der Waals surface area (Å²) in [6.07, 6.45) is 0. The fourth-order valence-electron chi connectivity index (χ4n) is 1.61. The summed E-state index contributed by atoms with van der Waals surface area (Å²) in [6, 6.07) is 13.7. The first-order valence-corrected chi connectivity index (χ1v) is 5.47. The molecule has 2 rings (SSSR count). The van der Waals surface area contributed by atoms with Gasteiger partial charge in [0, 0.05) is 17.9 Å². The van der Waals surface area contributed by atoms with Crippen molar-refractivity contribution in [3.63, 3.8) is 0 Å². The van der Waals surface area contributed by atoms with E-state index in [0.29, 0.717) is 17.9 Å². The van der Waals surface area contributed by atoms with Crippen LogP contribution in [0.5, 0.6) is 0 Å². The number of hydrogen-bond donors (Lipinski definition) is 2. The molecule has 0 spiro atoms. The zero-order valence-electron chi connectivity index (χ0n) is 9.65. The van der Waals surface area contributed by atoms with Gasteiger partial charge in [0.1, 0.15) is 11.9 Å². The summed E-state index contributed by atoms with van der Waals surface area (Å²) in [5.74, 6) is -0.512. The molecule has 0 atom stereocenters. The van der Waals surface area contributed by atoms with Crippen LogP contribution in [-0.4, -0.2) is 0 Å². The number of halogens is 1. The number of nitrogens with one attached hydrogen (secondary N) is 1. The molecule has 4 heteroatoms. The summed E-state index contributed by atoms with van der Waals surface area (Å²) in [6.45, 7) is 0.531. The first kappa shape index (κ1) is 11.9. The second kappa shape index (κ2) is 5.19. The Morgan fingerprint density at radius 1 is 1.22 bits per heavy atom. The first-order chi connectivity index (χ1) is 8.70. The molecule has 3 N–H and O–H groups in total. The van der Waals surface area contributed by atoms with Crippen LogP contribution in [0.25, 0.3) is 0 Å². The Morgan fingerprint density at radius 3 is 2.72 bits per heavy atom. The second-order valence-electron chi connectivity index (χ2n) is 3.86. The molecule has 2 aromatic rings. The Hall–Kier alpha value is -2.54. The fourth-order valence-corrected chi connectivity index (χ4v) is 1.61. The molecule has 0 saturated carbocycles. The molecule has 0 fully saturated rings. The molecule has 0 bridgehead atoms. The second-order valence-corrected chi connectivity index (χ2v) is 3.86. The van der Waals surface area contributed by atoms with Gasteiger partial charge >= 0.3 is 0 Å². The average molecular weight is 241 g/mol. The minimum absolute atomic E-state index is 0.0287. The van der Waals surface area contributed by atoms with Crippen LogP contribution < -0.4 is 11.1 Å². The zero-order chi connectivity index (χ0) is 13.0. The third kappa shape index (κ3) is 2.58. The normalized spacial score (nSPS) is 9.78. The lowest BCUT2D eigenvalue weighted by atomic mass is 10.1. The van der Waals surface area contributed by atoms with Crippen molar-refractivity contribution in [3.05, 3.63) is 59.4 Å². The van der Waals surface area contributed by atoms with Gasteiger partial charge < -0.3 is 11.1 Å². The van der Waals surface area contributed by atoms with Crippen molar-refractivity contribution in [1.82, 2.24) is 0 Å². The van der Waals surface area contributed by atoms with Crippen molar-refractivity contribution in [1.29, 1.82) is 5.26 Å². The smallest absolute Gasteiger partial charge is 0.141 e. The van der Waals surface area contributed by atoms with Crippen LogP contribution in [0.1, 0.15) is 11.1 Å². The Kier molecular flexibility index (Phi) is 3.44. The number of para-hydroxylation sites is 1. The molecule has 0 aliphatic carbocycles. The molecule has 3 nitrogen and oxygen atoms in total. The lowest BCUT2D eigenvalue weighted by Crippen LogP contribution is -2.03. The van der Waals surface area contributed by atoms with Crippen LogP contribution >= 0.6 is 0 Å². The minimum atomic E-state index is -0.512. The molecule has 2 aromatic carbocycles. The number of hydrogen-bond acceptors (Lipinski definition) is 3. The Bertz CT molecular complexity index is 602. The predicted molar refractivity (Wildman–Crippen MR) is 69.3 cm³/mol. The maximum atomic E-state index is 13.1. The van der Waals surface area contributed by atoms with Crippen LogP contribution in [0.15, 0.2) is 42.5 Å². The summed E-state index contributed by atoms with van der Waals surface area (Å²) in [5.41, 5.74) is 8.19. The third-order valence-corrected chi connectivity index (χ3v) is 2.62. The van der Waals surface area contributed by atoms with Gasteiger partial charge in [0.2, 0.25) is 0 Å². The van der Waals surface area contributed by atoms with Gasteiger partial charge in [0.05, 0.1) is 5.56 Å². The fraction of sp³-hybridized carbons (Fsp3) is 0.0714. The monoisotopic (exact) mass is 241 g/mol. The molecule has 0 unspecified atom stereocenters. The van der Waals surface area contributed by atoms with Gasteiger partial charge in [0.25, 0.3) is 0 Å². The van der Waals surface area contributed by atoms with Crippen molar-refractivity contribution in [2.24, 2.45) is 0 Å². The van der Waals surface area contributed by atoms with Gasteiger partial charge in [-0.1, -0.05) is 18.2 Å². The summed E-state index contributed by atoms with van der Waals surface area (Å²) in [4.78, 5) is 0. The van der Waals surface area contributed by atoms with Crippen LogP contribution in [0.2, 0.25) is 0 Å². The number of nitrogens with two attached hydrogens (primary N) is 1. The minimum Gasteiger partial charge on any atom is -0.398 e. The topological polar surface area (TPSA) is 61.8 Å². The van der Waals surface area contributed by atoms with Gasteiger partial charge in [-0.05, 0) is 29.8 Å². The van der Waals surface area contributed by atoms with Gasteiger partial charge in [-0.25, -0.2) is 4.39 Å². The molecular weight excluding hydrogens is 229 g/mol. The largest absolute Gasteiger partial charge is 0.398 e. The molecule has 0 aliphatic heterocycles. The highest BCUT2D eigenvalue weighted by molar-refractivity contribution is 5.52. The van der Waals surface area contributed by atoms with Crippen molar-refractivity contribution in [2.45, 2.75) is 6.54 Å². The van der Waals surface area contributed by atoms with E-state index in [-0.39, 0.29) is 5.56 Å². The highest BCUT2D eigenvalue weighted by atomic mass is 19.1. The molecule has 18 heavy (non-hydrogen) atoms. The number of nitrogen functional groups attached to an aromatic ring is 1. The lowest BCUT2D eigenvalue weighted by Gasteiger charge is -2.09. The van der Waals surface area contributed by atoms with Crippen molar-refractivity contribution in [3.8, 4) is 6.07 Å². The van der Waals surface area contributed by atoms with E-state index in [9.17, 15) is 4.39 Å². The summed E-state index contributed by atoms with van der Waals surface area (Å²) in [7, 11) is 0. The average Bonchev–Trinajstić information content (AvgIpc) is 2.39. The van der Waals surface area contributed by atoms with Crippen LogP contribution in [0.4, 0.5) is 15.8 Å². The van der Waals surface area contributed by atoms with E-state index in [1.807, 2.05) is 24.3 Å². The number of benzene rings is 2. The van der Waals surface area contributed by atoms with E-state index in [2.05, 4.69) is 5.32 Å². The molecule has 0 amide bonds. The number of anilines is 2. The lowest BCUT2D eigenvalue weighted by molar-refractivity contribution is 0.624. The third-order valence-electron chi connectivity index (χ3n) is 2.62. The highest BCUT2D eigenvalue weighted by Crippen LogP contribution is 2.16. The van der Waals surface area contributed by atoms with Crippen LogP contribution in [0, 0.1) is 17.1 Å². The molecule has 0 radical (unpaired) electrons. The highest BCUT2D eigenvalue weighted by Gasteiger charge is 2.03. The SMILES string of the molecule is N#Cc1cc(NCc2ccccc2N)ccc1F. The summed E-state index contributed by atoms with van der Waals surface area (Å²) in [5, 5.41) is 11.8. The van der Waals surface area contributed by atoms with Gasteiger partial charge in [-0.2, -0.15) is 5.26 Å². The van der Waals surface area contributed by atoms with Gasteiger partial charge in [-0.3, -0.25) is 0 Å². The predicted octanol–water partition coefficient (Wildman–Crippen LogP) is 2.89. The van der Waals surface area contributed by atoms with E-state index >= 15 is 0 Å². The van der Waals surface area contributed by atoms with Crippen LogP contribution in [0.3, 0.4) is 0 Å². The van der Waals surface area contributed by atoms with Gasteiger partial charge in [0.15, 0.2) is 0 Å². The molecular formula is C14H12FN3. The Morgan fingerprint density at radius 2 is 2.00 bits per heavy atom. The first-order valence-electron chi connectivity index (χ1n) is 5.47. The van der Waals surface area contributed by atoms with E-state index in [1.165, 1.54) is 12.1 Å². The Balaban J connectivity index is 2.12. The van der Waals surface area contributed by atoms with E-state index in [4.69, 9.17) is 11.0 Å². The summed E-state index contributed by atoms with van der Waals surface area (Å²) >= 11 is 0. The molecule has 0 aromatic heterocycles. The van der Waals surface area contributed by atoms with Gasteiger partial charge in [-0.15, -0.1) is 0 Å². The van der Waals surface area contributed by atoms with Crippen LogP contribution in [-0.2, 0) is 6.54 Å². The summed E-state index contributed by atoms with van der Waals surface area (Å²) < 4.78 is 13.1. The van der Waals surface area contributed by atoms with Crippen molar-refractivity contribution < 1.29 is 4.39 Å².